The van der Waals surface area contributed by atoms with Gasteiger partial charge in [0.25, 0.3) is 11.8 Å². The van der Waals surface area contributed by atoms with Crippen molar-refractivity contribution in [3.63, 3.8) is 0 Å². The van der Waals surface area contributed by atoms with Crippen molar-refractivity contribution in [3.05, 3.63) is 124 Å². The van der Waals surface area contributed by atoms with Gasteiger partial charge in [-0.1, -0.05) is 60.1 Å². The lowest BCUT2D eigenvalue weighted by Gasteiger charge is -2.26. The Balaban J connectivity index is 1.37. The van der Waals surface area contributed by atoms with E-state index in [1.807, 2.05) is 48.5 Å². The maximum Gasteiger partial charge on any atom is 0.335 e. The molecule has 0 radical (unpaired) electrons. The predicted octanol–water partition coefficient (Wildman–Crippen LogP) is 6.17. The van der Waals surface area contributed by atoms with Crippen LogP contribution in [0.4, 0.5) is 10.5 Å². The molecule has 1 saturated heterocycles. The second kappa shape index (κ2) is 12.4. The van der Waals surface area contributed by atoms with Crippen LogP contribution >= 0.6 is 11.6 Å². The van der Waals surface area contributed by atoms with Crippen LogP contribution in [-0.2, 0) is 22.8 Å². The Morgan fingerprint density at radius 2 is 1.51 bits per heavy atom. The van der Waals surface area contributed by atoms with Crippen LogP contribution in [0.1, 0.15) is 16.7 Å². The van der Waals surface area contributed by atoms with Crippen molar-refractivity contribution < 1.29 is 28.6 Å². The number of ether oxygens (including phenoxy) is 3. The molecule has 1 fully saturated rings. The highest BCUT2D eigenvalue weighted by Crippen LogP contribution is 2.30. The van der Waals surface area contributed by atoms with E-state index in [-0.39, 0.29) is 24.5 Å². The molecule has 1 N–H and O–H groups in total. The van der Waals surface area contributed by atoms with Crippen molar-refractivity contribution in [2.45, 2.75) is 13.2 Å². The van der Waals surface area contributed by atoms with E-state index in [1.165, 1.54) is 13.2 Å². The number of carbonyl (C=O) groups is 3. The number of amides is 4. The molecule has 41 heavy (non-hydrogen) atoms. The number of hydrogen-bond acceptors (Lipinski definition) is 6. The van der Waals surface area contributed by atoms with E-state index in [2.05, 4.69) is 5.32 Å². The van der Waals surface area contributed by atoms with Crippen LogP contribution < -0.4 is 24.4 Å². The molecule has 5 rings (SSSR count). The summed E-state index contributed by atoms with van der Waals surface area (Å²) in [5, 5.41) is 2.84. The van der Waals surface area contributed by atoms with Crippen LogP contribution in [0.5, 0.6) is 17.2 Å². The number of benzene rings is 4. The van der Waals surface area contributed by atoms with Crippen LogP contribution in [0, 0.1) is 0 Å². The second-order valence-electron chi connectivity index (χ2n) is 9.01. The zero-order valence-electron chi connectivity index (χ0n) is 22.0. The fourth-order valence-corrected chi connectivity index (χ4v) is 4.33. The first-order valence-corrected chi connectivity index (χ1v) is 13.0. The predicted molar refractivity (Wildman–Crippen MR) is 155 cm³/mol. The third kappa shape index (κ3) is 6.40. The molecular weight excluding hydrogens is 544 g/mol. The molecule has 4 amide bonds. The van der Waals surface area contributed by atoms with Gasteiger partial charge >= 0.3 is 6.03 Å². The van der Waals surface area contributed by atoms with E-state index in [9.17, 15) is 14.4 Å². The Hall–Kier alpha value is -5.08. The topological polar surface area (TPSA) is 94.2 Å². The Morgan fingerprint density at radius 3 is 2.24 bits per heavy atom. The summed E-state index contributed by atoms with van der Waals surface area (Å²) < 4.78 is 17.1. The number of anilines is 1. The number of carbonyl (C=O) groups excluding carboxylic acids is 3. The average molecular weight is 569 g/mol. The SMILES string of the molecule is COc1ccc(/C=C2\C(=O)NC(=O)N(c3ccc(OCc4ccccc4Cl)cc3)C2=O)c(OCc2ccccc2)c1. The number of barbiturate groups is 1. The molecule has 1 heterocycles. The third-order valence-electron chi connectivity index (χ3n) is 6.31. The van der Waals surface area contributed by atoms with Gasteiger partial charge in [-0.3, -0.25) is 14.9 Å². The van der Waals surface area contributed by atoms with Crippen molar-refractivity contribution in [3.8, 4) is 17.2 Å². The molecule has 0 aliphatic carbocycles. The molecule has 1 aliphatic heterocycles. The van der Waals surface area contributed by atoms with Crippen molar-refractivity contribution >= 4 is 41.2 Å². The van der Waals surface area contributed by atoms with Gasteiger partial charge in [0.2, 0.25) is 0 Å². The summed E-state index contributed by atoms with van der Waals surface area (Å²) in [7, 11) is 1.53. The summed E-state index contributed by atoms with van der Waals surface area (Å²) >= 11 is 6.19. The normalized spacial score (nSPS) is 14.1. The maximum absolute atomic E-state index is 13.5. The molecule has 0 unspecified atom stereocenters. The van der Waals surface area contributed by atoms with Crippen molar-refractivity contribution in [1.82, 2.24) is 5.32 Å². The van der Waals surface area contributed by atoms with Gasteiger partial charge in [-0.05, 0) is 54.1 Å². The maximum atomic E-state index is 13.5. The van der Waals surface area contributed by atoms with Gasteiger partial charge in [-0.15, -0.1) is 0 Å². The van der Waals surface area contributed by atoms with Gasteiger partial charge in [0.15, 0.2) is 0 Å². The number of imide groups is 2. The smallest absolute Gasteiger partial charge is 0.335 e. The van der Waals surface area contributed by atoms with E-state index >= 15 is 0 Å². The molecule has 9 heteroatoms. The largest absolute Gasteiger partial charge is 0.497 e. The first kappa shape index (κ1) is 27.5. The summed E-state index contributed by atoms with van der Waals surface area (Å²) in [5.41, 5.74) is 2.28. The minimum absolute atomic E-state index is 0.224. The van der Waals surface area contributed by atoms with Crippen molar-refractivity contribution in [2.75, 3.05) is 12.0 Å². The number of hydrogen-bond donors (Lipinski definition) is 1. The van der Waals surface area contributed by atoms with Gasteiger partial charge in [0.05, 0.1) is 12.8 Å². The van der Waals surface area contributed by atoms with Crippen LogP contribution in [0.25, 0.3) is 6.08 Å². The number of halogens is 1. The Kier molecular flexibility index (Phi) is 8.31. The molecule has 4 aromatic carbocycles. The van der Waals surface area contributed by atoms with Crippen LogP contribution in [0.3, 0.4) is 0 Å². The molecule has 0 bridgehead atoms. The van der Waals surface area contributed by atoms with Gasteiger partial charge in [-0.25, -0.2) is 9.69 Å². The number of urea groups is 1. The standard InChI is InChI=1S/C32H25ClN2O6/c1-39-26-14-11-22(29(18-26)41-19-21-7-3-2-4-8-21)17-27-30(36)34-32(38)35(31(27)37)24-12-15-25(16-13-24)40-20-23-9-5-6-10-28(23)33/h2-18H,19-20H2,1H3,(H,34,36,38)/b27-17+. The van der Waals surface area contributed by atoms with E-state index in [4.69, 9.17) is 25.8 Å². The zero-order chi connectivity index (χ0) is 28.8. The lowest BCUT2D eigenvalue weighted by atomic mass is 10.1. The van der Waals surface area contributed by atoms with E-state index in [0.717, 1.165) is 16.0 Å². The van der Waals surface area contributed by atoms with Gasteiger partial charge in [0, 0.05) is 22.2 Å². The Labute approximate surface area is 241 Å². The quantitative estimate of drug-likeness (QED) is 0.192. The van der Waals surface area contributed by atoms with E-state index in [0.29, 0.717) is 27.8 Å². The lowest BCUT2D eigenvalue weighted by molar-refractivity contribution is -0.122. The first-order valence-electron chi connectivity index (χ1n) is 12.7. The highest BCUT2D eigenvalue weighted by atomic mass is 35.5. The zero-order valence-corrected chi connectivity index (χ0v) is 22.8. The van der Waals surface area contributed by atoms with Crippen LogP contribution in [0.2, 0.25) is 5.02 Å². The van der Waals surface area contributed by atoms with Gasteiger partial charge in [-0.2, -0.15) is 0 Å². The first-order chi connectivity index (χ1) is 19.9. The summed E-state index contributed by atoms with van der Waals surface area (Å²) in [6, 6.07) is 27.5. The van der Waals surface area contributed by atoms with E-state index < -0.39 is 17.8 Å². The lowest BCUT2D eigenvalue weighted by Crippen LogP contribution is -2.54. The van der Waals surface area contributed by atoms with Crippen LogP contribution in [0.15, 0.2) is 103 Å². The molecule has 0 aromatic heterocycles. The van der Waals surface area contributed by atoms with Crippen LogP contribution in [-0.4, -0.2) is 25.0 Å². The number of nitrogens with zero attached hydrogens (tertiary/aromatic N) is 1. The monoisotopic (exact) mass is 568 g/mol. The average Bonchev–Trinajstić information content (AvgIpc) is 2.99. The third-order valence-corrected chi connectivity index (χ3v) is 6.68. The van der Waals surface area contributed by atoms with Gasteiger partial charge in [0.1, 0.15) is 36.0 Å². The summed E-state index contributed by atoms with van der Waals surface area (Å²) in [4.78, 5) is 39.8. The second-order valence-corrected chi connectivity index (χ2v) is 9.42. The number of nitrogens with one attached hydrogen (secondary N) is 1. The molecule has 8 nitrogen and oxygen atoms in total. The molecule has 206 valence electrons. The Bertz CT molecular complexity index is 1620. The van der Waals surface area contributed by atoms with Crippen molar-refractivity contribution in [1.29, 1.82) is 0 Å². The number of rotatable bonds is 9. The van der Waals surface area contributed by atoms with Crippen molar-refractivity contribution in [2.24, 2.45) is 0 Å². The molecule has 0 atom stereocenters. The highest BCUT2D eigenvalue weighted by Gasteiger charge is 2.37. The molecule has 1 aliphatic rings. The minimum Gasteiger partial charge on any atom is -0.497 e. The minimum atomic E-state index is -0.850. The summed E-state index contributed by atoms with van der Waals surface area (Å²) in [5.74, 6) is -0.106. The molecule has 4 aromatic rings. The van der Waals surface area contributed by atoms with E-state index in [1.54, 1.807) is 48.5 Å². The highest BCUT2D eigenvalue weighted by molar-refractivity contribution is 6.39. The summed E-state index contributed by atoms with van der Waals surface area (Å²) in [6.45, 7) is 0.514. The fraction of sp³-hybridized carbons (Fsp3) is 0.0938. The molecule has 0 spiro atoms. The molecule has 0 saturated carbocycles. The molecular formula is C32H25ClN2O6. The van der Waals surface area contributed by atoms with Gasteiger partial charge < -0.3 is 14.2 Å². The Morgan fingerprint density at radius 1 is 0.805 bits per heavy atom. The summed E-state index contributed by atoms with van der Waals surface area (Å²) in [6.07, 6.45) is 1.40. The fourth-order valence-electron chi connectivity index (χ4n) is 4.14. The number of methoxy groups -OCH3 is 1.